The number of anilines is 1. The van der Waals surface area contributed by atoms with Crippen LogP contribution in [0, 0.1) is 5.82 Å². The van der Waals surface area contributed by atoms with Gasteiger partial charge >= 0.3 is 11.8 Å². The maximum Gasteiger partial charge on any atom is 0.421 e. The zero-order chi connectivity index (χ0) is 33.8. The van der Waals surface area contributed by atoms with Gasteiger partial charge in [-0.15, -0.1) is 5.10 Å². The summed E-state index contributed by atoms with van der Waals surface area (Å²) in [5, 5.41) is 7.44. The van der Waals surface area contributed by atoms with Gasteiger partial charge in [-0.25, -0.2) is 27.1 Å². The van der Waals surface area contributed by atoms with Crippen LogP contribution >= 0.6 is 11.6 Å². The molecular formula is C32H35ClFN5O6S. The number of carbonyl (C=O) groups excluding carboxylic acids is 2. The Balaban J connectivity index is 1.68. The Kier molecular flexibility index (Phi) is 10.4. The van der Waals surface area contributed by atoms with Crippen LogP contribution in [0.2, 0.25) is 5.02 Å². The number of carbonyl (C=O) groups is 2. The minimum absolute atomic E-state index is 0.157. The molecule has 4 rings (SSSR count). The van der Waals surface area contributed by atoms with E-state index < -0.39 is 33.2 Å². The van der Waals surface area contributed by atoms with Gasteiger partial charge in [0.25, 0.3) is 10.0 Å². The molecule has 46 heavy (non-hydrogen) atoms. The molecule has 2 N–H and O–H groups in total. The average molecular weight is 672 g/mol. The highest BCUT2D eigenvalue weighted by Gasteiger charge is 2.26. The molecule has 0 aliphatic heterocycles. The molecule has 0 spiro atoms. The van der Waals surface area contributed by atoms with E-state index in [1.54, 1.807) is 52.0 Å². The molecule has 11 nitrogen and oxygen atoms in total. The number of aromatic nitrogens is 3. The number of aryl methyl sites for hydroxylation is 1. The largest absolute Gasteiger partial charge is 0.443 e. The predicted molar refractivity (Wildman–Crippen MR) is 173 cm³/mol. The first-order valence-corrected chi connectivity index (χ1v) is 16.4. The van der Waals surface area contributed by atoms with Gasteiger partial charge in [-0.3, -0.25) is 9.36 Å². The van der Waals surface area contributed by atoms with Crippen LogP contribution in [0.5, 0.6) is 0 Å². The van der Waals surface area contributed by atoms with Crippen LogP contribution in [0.1, 0.15) is 58.8 Å². The molecule has 0 bridgehead atoms. The van der Waals surface area contributed by atoms with Gasteiger partial charge in [0.1, 0.15) is 17.2 Å². The normalized spacial score (nSPS) is 11.7. The minimum atomic E-state index is -4.38. The summed E-state index contributed by atoms with van der Waals surface area (Å²) < 4.78 is 51.3. The van der Waals surface area contributed by atoms with Gasteiger partial charge in [0, 0.05) is 29.7 Å². The van der Waals surface area contributed by atoms with Crippen LogP contribution in [0.15, 0.2) is 70.4 Å². The van der Waals surface area contributed by atoms with Crippen molar-refractivity contribution in [2.45, 2.75) is 70.9 Å². The maximum absolute atomic E-state index is 15.7. The van der Waals surface area contributed by atoms with Gasteiger partial charge in [-0.1, -0.05) is 55.8 Å². The summed E-state index contributed by atoms with van der Waals surface area (Å²) in [7, 11) is -4.38. The second-order valence-electron chi connectivity index (χ2n) is 11.4. The molecule has 0 fully saturated rings. The predicted octanol–water partition coefficient (Wildman–Crippen LogP) is 6.06. The van der Waals surface area contributed by atoms with E-state index in [9.17, 15) is 22.8 Å². The third kappa shape index (κ3) is 8.01. The molecule has 0 unspecified atom stereocenters. The zero-order valence-corrected chi connectivity index (χ0v) is 27.6. The van der Waals surface area contributed by atoms with E-state index >= 15 is 4.39 Å². The fourth-order valence-corrected chi connectivity index (χ4v) is 5.88. The quantitative estimate of drug-likeness (QED) is 0.209. The summed E-state index contributed by atoms with van der Waals surface area (Å²) in [6.07, 6.45) is 0.196. The molecule has 0 aliphatic rings. The van der Waals surface area contributed by atoms with Crippen LogP contribution in [-0.4, -0.2) is 40.4 Å². The van der Waals surface area contributed by atoms with Crippen molar-refractivity contribution < 1.29 is 27.1 Å². The topological polar surface area (TPSA) is 141 Å². The van der Waals surface area contributed by atoms with Crippen LogP contribution in [0.25, 0.3) is 16.8 Å². The average Bonchev–Trinajstić information content (AvgIpc) is 3.28. The van der Waals surface area contributed by atoms with Crippen molar-refractivity contribution in [3.63, 3.8) is 0 Å². The Morgan fingerprint density at radius 2 is 1.76 bits per heavy atom. The van der Waals surface area contributed by atoms with Crippen LogP contribution in [0.3, 0.4) is 0 Å². The van der Waals surface area contributed by atoms with E-state index in [1.807, 2.05) is 11.6 Å². The Morgan fingerprint density at radius 1 is 1.04 bits per heavy atom. The molecule has 1 aromatic heterocycles. The van der Waals surface area contributed by atoms with Crippen molar-refractivity contribution in [3.05, 3.63) is 93.4 Å². The lowest BCUT2D eigenvalue weighted by Crippen LogP contribution is -2.36. The number of nitrogens with one attached hydrogen (secondary N) is 2. The first-order valence-electron chi connectivity index (χ1n) is 14.6. The summed E-state index contributed by atoms with van der Waals surface area (Å²) in [5.74, 6) is -0.495. The van der Waals surface area contributed by atoms with E-state index in [4.69, 9.17) is 16.3 Å². The van der Waals surface area contributed by atoms with Crippen molar-refractivity contribution in [3.8, 4) is 16.8 Å². The van der Waals surface area contributed by atoms with Gasteiger partial charge in [0.05, 0.1) is 22.2 Å². The summed E-state index contributed by atoms with van der Waals surface area (Å²) in [6, 6.07) is 14.7. The number of hydrogen-bond donors (Lipinski definition) is 2. The molecule has 2 amide bonds. The van der Waals surface area contributed by atoms with Crippen molar-refractivity contribution in [2.24, 2.45) is 0 Å². The second kappa shape index (κ2) is 13.9. The van der Waals surface area contributed by atoms with Gasteiger partial charge in [0.15, 0.2) is 0 Å². The molecular weight excluding hydrogens is 637 g/mol. The third-order valence-corrected chi connectivity index (χ3v) is 8.37. The summed E-state index contributed by atoms with van der Waals surface area (Å²) >= 11 is 6.42. The summed E-state index contributed by atoms with van der Waals surface area (Å²) in [4.78, 5) is 37.5. The smallest absolute Gasteiger partial charge is 0.421 e. The van der Waals surface area contributed by atoms with Crippen molar-refractivity contribution in [1.82, 2.24) is 19.1 Å². The number of amides is 2. The number of ether oxygens (including phenoxy) is 1. The van der Waals surface area contributed by atoms with Crippen LogP contribution < -0.4 is 15.7 Å². The van der Waals surface area contributed by atoms with Gasteiger partial charge in [-0.2, -0.15) is 4.68 Å². The monoisotopic (exact) mass is 671 g/mol. The Hall–Kier alpha value is -4.49. The van der Waals surface area contributed by atoms with Gasteiger partial charge in [-0.05, 0) is 63.1 Å². The number of halogens is 2. The molecule has 4 aromatic rings. The maximum atomic E-state index is 15.7. The van der Waals surface area contributed by atoms with Crippen LogP contribution in [-0.2, 0) is 32.5 Å². The van der Waals surface area contributed by atoms with E-state index in [0.717, 1.165) is 4.68 Å². The number of hydrogen-bond acceptors (Lipinski definition) is 7. The lowest BCUT2D eigenvalue weighted by atomic mass is 10.0. The lowest BCUT2D eigenvalue weighted by Gasteiger charge is -2.20. The Labute approximate surface area is 271 Å². The minimum Gasteiger partial charge on any atom is -0.443 e. The zero-order valence-electron chi connectivity index (χ0n) is 26.1. The van der Waals surface area contributed by atoms with Crippen LogP contribution in [0.4, 0.5) is 14.9 Å². The van der Waals surface area contributed by atoms with E-state index in [1.165, 1.54) is 41.0 Å². The highest BCUT2D eigenvalue weighted by atomic mass is 35.5. The van der Waals surface area contributed by atoms with Crippen molar-refractivity contribution >= 4 is 39.3 Å². The number of sulfonamides is 1. The number of nitrogens with zero attached hydrogens (tertiary/aromatic N) is 3. The standard InChI is InChI=1S/C32H35ClFN5O6S/c1-6-10-28-36-39(26-18-22(15-16-24(26)33)35-29(40)7-2)31(42)38(28)19-21-14-13-20(17-25(21)34)23-11-8-9-12-27(23)46(43,44)37-30(41)45-32(3,4)5/h8-9,11-18H,6-7,10,19H2,1-5H3,(H,35,40)(H,37,41). The SMILES string of the molecule is CCCc1nn(-c2cc(NC(=O)CC)ccc2Cl)c(=O)n1Cc1ccc(-c2ccccc2S(=O)(=O)NC(=O)OC(C)(C)C)cc1F. The molecule has 0 saturated carbocycles. The highest BCUT2D eigenvalue weighted by Crippen LogP contribution is 2.29. The molecule has 0 aliphatic carbocycles. The molecule has 244 valence electrons. The lowest BCUT2D eigenvalue weighted by molar-refractivity contribution is -0.115. The second-order valence-corrected chi connectivity index (χ2v) is 13.5. The molecule has 14 heteroatoms. The van der Waals surface area contributed by atoms with Gasteiger partial charge < -0.3 is 10.1 Å². The number of rotatable bonds is 10. The first kappa shape index (κ1) is 34.4. The molecule has 0 atom stereocenters. The van der Waals surface area contributed by atoms with Crippen molar-refractivity contribution in [1.29, 1.82) is 0 Å². The molecule has 3 aromatic carbocycles. The Bertz CT molecular complexity index is 1950. The van der Waals surface area contributed by atoms with Gasteiger partial charge in [0.2, 0.25) is 5.91 Å². The van der Waals surface area contributed by atoms with E-state index in [2.05, 4.69) is 10.4 Å². The first-order chi connectivity index (χ1) is 21.6. The fourth-order valence-electron chi connectivity index (χ4n) is 4.58. The highest BCUT2D eigenvalue weighted by molar-refractivity contribution is 7.90. The van der Waals surface area contributed by atoms with E-state index in [0.29, 0.717) is 24.4 Å². The summed E-state index contributed by atoms with van der Waals surface area (Å²) in [6.45, 7) is 8.27. The summed E-state index contributed by atoms with van der Waals surface area (Å²) in [5.41, 5.74) is -0.232. The molecule has 0 saturated heterocycles. The molecule has 1 heterocycles. The van der Waals surface area contributed by atoms with E-state index in [-0.39, 0.29) is 51.2 Å². The Morgan fingerprint density at radius 3 is 2.41 bits per heavy atom. The third-order valence-electron chi connectivity index (χ3n) is 6.68. The van der Waals surface area contributed by atoms with Crippen molar-refractivity contribution in [2.75, 3.05) is 5.32 Å². The number of benzene rings is 3. The fraction of sp³-hybridized carbons (Fsp3) is 0.312. The molecule has 0 radical (unpaired) electrons.